The third-order valence-corrected chi connectivity index (χ3v) is 3.11. The lowest BCUT2D eigenvalue weighted by Gasteiger charge is -2.24. The molecule has 1 unspecified atom stereocenters. The molecule has 1 aliphatic carbocycles. The van der Waals surface area contributed by atoms with Crippen molar-refractivity contribution in [3.8, 4) is 0 Å². The third-order valence-electron chi connectivity index (χ3n) is 3.11. The van der Waals surface area contributed by atoms with E-state index in [1.807, 2.05) is 0 Å². The molecule has 1 heteroatoms. The second kappa shape index (κ2) is 3.74. The van der Waals surface area contributed by atoms with E-state index in [1.54, 1.807) is 0 Å². The molecule has 0 bridgehead atoms. The number of aliphatic hydroxyl groups excluding tert-OH is 1. The van der Waals surface area contributed by atoms with E-state index < -0.39 is 0 Å². The summed E-state index contributed by atoms with van der Waals surface area (Å²) in [6.45, 7) is 4.47. The lowest BCUT2D eigenvalue weighted by molar-refractivity contribution is 0.158. The van der Waals surface area contributed by atoms with Gasteiger partial charge in [-0.3, -0.25) is 0 Å². The summed E-state index contributed by atoms with van der Waals surface area (Å²) in [5, 5.41) is 9.59. The molecule has 1 aromatic carbocycles. The molecular weight excluding hydrogens is 172 g/mol. The van der Waals surface area contributed by atoms with E-state index in [9.17, 15) is 5.11 Å². The van der Waals surface area contributed by atoms with Crippen LogP contribution in [-0.4, -0.2) is 11.2 Å². The third kappa shape index (κ3) is 1.69. The fraction of sp³-hybridized carbons (Fsp3) is 0.538. The minimum Gasteiger partial charge on any atom is -0.393 e. The minimum absolute atomic E-state index is 0.120. The van der Waals surface area contributed by atoms with Gasteiger partial charge in [-0.05, 0) is 41.9 Å². The van der Waals surface area contributed by atoms with Crippen molar-refractivity contribution in [2.75, 3.05) is 0 Å². The standard InChI is InChI=1S/C13H18O/c1-9(2)12-5-3-4-10-8-11(14)6-7-13(10)12/h3-5,9,11,14H,6-8H2,1-2H3. The second-order valence-electron chi connectivity index (χ2n) is 4.54. The number of rotatable bonds is 1. The Kier molecular flexibility index (Phi) is 2.60. The van der Waals surface area contributed by atoms with Crippen LogP contribution >= 0.6 is 0 Å². The maximum atomic E-state index is 9.59. The Balaban J connectivity index is 2.41. The van der Waals surface area contributed by atoms with Gasteiger partial charge in [-0.15, -0.1) is 0 Å². The van der Waals surface area contributed by atoms with E-state index in [-0.39, 0.29) is 6.10 Å². The summed E-state index contributed by atoms with van der Waals surface area (Å²) < 4.78 is 0. The largest absolute Gasteiger partial charge is 0.393 e. The maximum absolute atomic E-state index is 9.59. The first kappa shape index (κ1) is 9.72. The molecule has 0 saturated heterocycles. The molecule has 1 aliphatic rings. The molecule has 0 aromatic heterocycles. The average Bonchev–Trinajstić information content (AvgIpc) is 2.16. The van der Waals surface area contributed by atoms with Crippen LogP contribution in [0.5, 0.6) is 0 Å². The van der Waals surface area contributed by atoms with Gasteiger partial charge in [-0.1, -0.05) is 32.0 Å². The fourth-order valence-electron chi connectivity index (χ4n) is 2.36. The van der Waals surface area contributed by atoms with Crippen molar-refractivity contribution in [3.63, 3.8) is 0 Å². The molecule has 0 spiro atoms. The zero-order valence-electron chi connectivity index (χ0n) is 8.96. The van der Waals surface area contributed by atoms with Crippen molar-refractivity contribution in [1.82, 2.24) is 0 Å². The van der Waals surface area contributed by atoms with E-state index in [0.29, 0.717) is 5.92 Å². The van der Waals surface area contributed by atoms with Crippen LogP contribution in [0, 0.1) is 0 Å². The Morgan fingerprint density at radius 3 is 2.86 bits per heavy atom. The molecule has 1 atom stereocenters. The molecule has 14 heavy (non-hydrogen) atoms. The van der Waals surface area contributed by atoms with Crippen LogP contribution in [0.3, 0.4) is 0 Å². The van der Waals surface area contributed by atoms with Gasteiger partial charge in [0.25, 0.3) is 0 Å². The monoisotopic (exact) mass is 190 g/mol. The first-order valence-corrected chi connectivity index (χ1v) is 5.47. The van der Waals surface area contributed by atoms with E-state index >= 15 is 0 Å². The molecule has 76 valence electrons. The van der Waals surface area contributed by atoms with Gasteiger partial charge in [0, 0.05) is 0 Å². The molecule has 1 aromatic rings. The number of benzene rings is 1. The van der Waals surface area contributed by atoms with Crippen LogP contribution in [0.25, 0.3) is 0 Å². The summed E-state index contributed by atoms with van der Waals surface area (Å²) in [7, 11) is 0. The Bertz CT molecular complexity index is 328. The SMILES string of the molecule is CC(C)c1cccc2c1CCC(O)C2. The number of hydrogen-bond donors (Lipinski definition) is 1. The predicted molar refractivity (Wildman–Crippen MR) is 58.6 cm³/mol. The second-order valence-corrected chi connectivity index (χ2v) is 4.54. The molecule has 2 rings (SSSR count). The normalized spacial score (nSPS) is 21.0. The molecule has 0 aliphatic heterocycles. The molecular formula is C13H18O. The van der Waals surface area contributed by atoms with Crippen LogP contribution in [0.15, 0.2) is 18.2 Å². The molecule has 0 saturated carbocycles. The van der Waals surface area contributed by atoms with Crippen molar-refractivity contribution < 1.29 is 5.11 Å². The first-order chi connectivity index (χ1) is 6.68. The van der Waals surface area contributed by atoms with Crippen LogP contribution in [0.2, 0.25) is 0 Å². The van der Waals surface area contributed by atoms with Crippen LogP contribution < -0.4 is 0 Å². The summed E-state index contributed by atoms with van der Waals surface area (Å²) in [5.74, 6) is 0.597. The van der Waals surface area contributed by atoms with Gasteiger partial charge in [0.1, 0.15) is 0 Å². The van der Waals surface area contributed by atoms with Crippen molar-refractivity contribution in [2.24, 2.45) is 0 Å². The van der Waals surface area contributed by atoms with Crippen molar-refractivity contribution in [2.45, 2.75) is 45.1 Å². The van der Waals surface area contributed by atoms with E-state index in [1.165, 1.54) is 16.7 Å². The number of aliphatic hydroxyl groups is 1. The molecule has 1 nitrogen and oxygen atoms in total. The van der Waals surface area contributed by atoms with Gasteiger partial charge in [-0.2, -0.15) is 0 Å². The smallest absolute Gasteiger partial charge is 0.0583 e. The van der Waals surface area contributed by atoms with Gasteiger partial charge in [0.15, 0.2) is 0 Å². The molecule has 0 heterocycles. The highest BCUT2D eigenvalue weighted by Crippen LogP contribution is 2.28. The molecule has 0 fully saturated rings. The number of fused-ring (bicyclic) bond motifs is 1. The highest BCUT2D eigenvalue weighted by atomic mass is 16.3. The average molecular weight is 190 g/mol. The van der Waals surface area contributed by atoms with E-state index in [2.05, 4.69) is 32.0 Å². The lowest BCUT2D eigenvalue weighted by atomic mass is 9.83. The Hall–Kier alpha value is -0.820. The fourth-order valence-corrected chi connectivity index (χ4v) is 2.36. The summed E-state index contributed by atoms with van der Waals surface area (Å²) in [4.78, 5) is 0. The zero-order chi connectivity index (χ0) is 10.1. The van der Waals surface area contributed by atoms with Gasteiger partial charge < -0.3 is 5.11 Å². The summed E-state index contributed by atoms with van der Waals surface area (Å²) in [6.07, 6.45) is 2.70. The maximum Gasteiger partial charge on any atom is 0.0583 e. The first-order valence-electron chi connectivity index (χ1n) is 5.47. The van der Waals surface area contributed by atoms with Crippen LogP contribution in [0.4, 0.5) is 0 Å². The quantitative estimate of drug-likeness (QED) is 0.722. The summed E-state index contributed by atoms with van der Waals surface area (Å²) >= 11 is 0. The Labute approximate surface area is 85.8 Å². The van der Waals surface area contributed by atoms with Crippen molar-refractivity contribution >= 4 is 0 Å². The van der Waals surface area contributed by atoms with Crippen LogP contribution in [-0.2, 0) is 12.8 Å². The number of hydrogen-bond acceptors (Lipinski definition) is 1. The van der Waals surface area contributed by atoms with E-state index in [0.717, 1.165) is 19.3 Å². The van der Waals surface area contributed by atoms with Gasteiger partial charge >= 0.3 is 0 Å². The van der Waals surface area contributed by atoms with Gasteiger partial charge in [0.2, 0.25) is 0 Å². The topological polar surface area (TPSA) is 20.2 Å². The highest BCUT2D eigenvalue weighted by molar-refractivity contribution is 5.39. The van der Waals surface area contributed by atoms with E-state index in [4.69, 9.17) is 0 Å². The van der Waals surface area contributed by atoms with Gasteiger partial charge in [0.05, 0.1) is 6.10 Å². The van der Waals surface area contributed by atoms with Crippen LogP contribution in [0.1, 0.15) is 42.9 Å². The Morgan fingerprint density at radius 2 is 2.14 bits per heavy atom. The molecule has 0 radical (unpaired) electrons. The Morgan fingerprint density at radius 1 is 1.36 bits per heavy atom. The summed E-state index contributed by atoms with van der Waals surface area (Å²) in [6, 6.07) is 6.50. The minimum atomic E-state index is -0.120. The van der Waals surface area contributed by atoms with Crippen molar-refractivity contribution in [3.05, 3.63) is 34.9 Å². The zero-order valence-corrected chi connectivity index (χ0v) is 8.96. The molecule has 1 N–H and O–H groups in total. The predicted octanol–water partition coefficient (Wildman–Crippen LogP) is 2.66. The van der Waals surface area contributed by atoms with Crippen molar-refractivity contribution in [1.29, 1.82) is 0 Å². The highest BCUT2D eigenvalue weighted by Gasteiger charge is 2.19. The summed E-state index contributed by atoms with van der Waals surface area (Å²) in [5.41, 5.74) is 4.32. The van der Waals surface area contributed by atoms with Gasteiger partial charge in [-0.25, -0.2) is 0 Å². The molecule has 0 amide bonds. The lowest BCUT2D eigenvalue weighted by Crippen LogP contribution is -2.20.